The van der Waals surface area contributed by atoms with Crippen LogP contribution in [0.5, 0.6) is 0 Å². The zero-order valence-electron chi connectivity index (χ0n) is 9.08. The van der Waals surface area contributed by atoms with Gasteiger partial charge in [-0.1, -0.05) is 0 Å². The van der Waals surface area contributed by atoms with Crippen molar-refractivity contribution in [2.24, 2.45) is 0 Å². The summed E-state index contributed by atoms with van der Waals surface area (Å²) in [7, 11) is 0. The topological polar surface area (TPSA) is 17.1 Å². The fourth-order valence-electron chi connectivity index (χ4n) is 1.56. The number of hydrogen-bond donors (Lipinski definition) is 0. The molecule has 2 rings (SSSR count). The maximum absolute atomic E-state index is 13.1. The molecule has 0 saturated heterocycles. The minimum absolute atomic E-state index is 0.0400. The van der Waals surface area contributed by atoms with E-state index in [1.807, 2.05) is 12.3 Å². The van der Waals surface area contributed by atoms with Gasteiger partial charge in [0.15, 0.2) is 5.78 Å². The van der Waals surface area contributed by atoms with Gasteiger partial charge < -0.3 is 0 Å². The molecule has 1 aromatic carbocycles. The Balaban J connectivity index is 2.42. The van der Waals surface area contributed by atoms with E-state index < -0.39 is 0 Å². The van der Waals surface area contributed by atoms with E-state index in [1.54, 1.807) is 19.1 Å². The summed E-state index contributed by atoms with van der Waals surface area (Å²) in [4.78, 5) is 13.1. The van der Waals surface area contributed by atoms with Gasteiger partial charge in [-0.2, -0.15) is 0 Å². The zero-order chi connectivity index (χ0) is 11.7. The van der Waals surface area contributed by atoms with Crippen LogP contribution in [0.25, 0.3) is 0 Å². The molecule has 0 aliphatic rings. The zero-order valence-corrected chi connectivity index (χ0v) is 9.90. The van der Waals surface area contributed by atoms with Crippen LogP contribution in [0, 0.1) is 19.7 Å². The maximum atomic E-state index is 13.1. The molecular weight excluding hydrogens is 223 g/mol. The van der Waals surface area contributed by atoms with Crippen LogP contribution < -0.4 is 0 Å². The first-order chi connectivity index (χ1) is 7.59. The number of ketones is 1. The molecule has 1 aromatic heterocycles. The third-order valence-electron chi connectivity index (χ3n) is 2.52. The predicted octanol–water partition coefficient (Wildman–Crippen LogP) is 3.74. The highest BCUT2D eigenvalue weighted by atomic mass is 32.1. The number of carbonyl (C=O) groups excluding carboxylic acids is 1. The summed E-state index contributed by atoms with van der Waals surface area (Å²) in [5, 5.41) is 1.89. The lowest BCUT2D eigenvalue weighted by molar-refractivity contribution is 0.103. The summed E-state index contributed by atoms with van der Waals surface area (Å²) in [5.74, 6) is -0.319. The van der Waals surface area contributed by atoms with Gasteiger partial charge in [0, 0.05) is 16.0 Å². The molecule has 0 unspecified atom stereocenters. The van der Waals surface area contributed by atoms with Crippen LogP contribution in [0.1, 0.15) is 26.4 Å². The van der Waals surface area contributed by atoms with Crippen LogP contribution in [0.2, 0.25) is 0 Å². The molecule has 1 heterocycles. The minimum Gasteiger partial charge on any atom is -0.289 e. The van der Waals surface area contributed by atoms with Crippen molar-refractivity contribution in [3.8, 4) is 0 Å². The van der Waals surface area contributed by atoms with Gasteiger partial charge in [-0.05, 0) is 49.1 Å². The summed E-state index contributed by atoms with van der Waals surface area (Å²) in [6, 6.07) is 6.27. The molecule has 16 heavy (non-hydrogen) atoms. The first-order valence-electron chi connectivity index (χ1n) is 4.94. The van der Waals surface area contributed by atoms with Gasteiger partial charge in [0.25, 0.3) is 0 Å². The summed E-state index contributed by atoms with van der Waals surface area (Å²) >= 11 is 1.54. The van der Waals surface area contributed by atoms with Gasteiger partial charge >= 0.3 is 0 Å². The SMILES string of the molecule is Cc1cc(C(=O)c2ccsc2C)ccc1F. The molecule has 0 fully saturated rings. The van der Waals surface area contributed by atoms with E-state index in [0.717, 1.165) is 4.88 Å². The first-order valence-corrected chi connectivity index (χ1v) is 5.82. The van der Waals surface area contributed by atoms with Crippen molar-refractivity contribution in [2.75, 3.05) is 0 Å². The highest BCUT2D eigenvalue weighted by molar-refractivity contribution is 7.10. The third kappa shape index (κ3) is 1.91. The van der Waals surface area contributed by atoms with Gasteiger partial charge in [0.1, 0.15) is 5.82 Å². The Labute approximate surface area is 97.6 Å². The Morgan fingerprint density at radius 2 is 2.00 bits per heavy atom. The molecule has 0 aliphatic carbocycles. The van der Waals surface area contributed by atoms with E-state index in [-0.39, 0.29) is 11.6 Å². The standard InChI is InChI=1S/C13H11FOS/c1-8-7-10(3-4-12(8)14)13(15)11-5-6-16-9(11)2/h3-7H,1-2H3. The Kier molecular flexibility index (Phi) is 2.88. The Morgan fingerprint density at radius 3 is 2.56 bits per heavy atom. The summed E-state index contributed by atoms with van der Waals surface area (Å²) in [5.41, 5.74) is 1.75. The molecule has 0 atom stereocenters. The summed E-state index contributed by atoms with van der Waals surface area (Å²) < 4.78 is 13.1. The molecular formula is C13H11FOS. The number of hydrogen-bond acceptors (Lipinski definition) is 2. The third-order valence-corrected chi connectivity index (χ3v) is 3.37. The summed E-state index contributed by atoms with van der Waals surface area (Å²) in [6.45, 7) is 3.57. The highest BCUT2D eigenvalue weighted by Gasteiger charge is 2.13. The van der Waals surface area contributed by atoms with Crippen LogP contribution in [0.3, 0.4) is 0 Å². The molecule has 0 saturated carbocycles. The van der Waals surface area contributed by atoms with Crippen LogP contribution in [0.15, 0.2) is 29.6 Å². The monoisotopic (exact) mass is 234 g/mol. The number of rotatable bonds is 2. The van der Waals surface area contributed by atoms with E-state index in [4.69, 9.17) is 0 Å². The maximum Gasteiger partial charge on any atom is 0.194 e. The lowest BCUT2D eigenvalue weighted by Crippen LogP contribution is -2.02. The molecule has 0 aliphatic heterocycles. The Bertz CT molecular complexity index is 543. The van der Waals surface area contributed by atoms with Gasteiger partial charge in [-0.3, -0.25) is 4.79 Å². The Hall–Kier alpha value is -1.48. The first kappa shape index (κ1) is 11.0. The second-order valence-corrected chi connectivity index (χ2v) is 4.80. The van der Waals surface area contributed by atoms with E-state index in [1.165, 1.54) is 23.5 Å². The quantitative estimate of drug-likeness (QED) is 0.723. The van der Waals surface area contributed by atoms with Crippen molar-refractivity contribution < 1.29 is 9.18 Å². The number of thiophene rings is 1. The van der Waals surface area contributed by atoms with Gasteiger partial charge in [0.2, 0.25) is 0 Å². The van der Waals surface area contributed by atoms with E-state index >= 15 is 0 Å². The van der Waals surface area contributed by atoms with Crippen LogP contribution in [-0.2, 0) is 0 Å². The average Bonchev–Trinajstić information content (AvgIpc) is 2.67. The predicted molar refractivity (Wildman–Crippen MR) is 63.6 cm³/mol. The van der Waals surface area contributed by atoms with Gasteiger partial charge in [-0.15, -0.1) is 11.3 Å². The lowest BCUT2D eigenvalue weighted by atomic mass is 10.0. The van der Waals surface area contributed by atoms with Gasteiger partial charge in [-0.25, -0.2) is 4.39 Å². The fraction of sp³-hybridized carbons (Fsp3) is 0.154. The largest absolute Gasteiger partial charge is 0.289 e. The lowest BCUT2D eigenvalue weighted by Gasteiger charge is -2.02. The van der Waals surface area contributed by atoms with E-state index in [0.29, 0.717) is 16.7 Å². The van der Waals surface area contributed by atoms with E-state index in [2.05, 4.69) is 0 Å². The molecule has 0 N–H and O–H groups in total. The van der Waals surface area contributed by atoms with Crippen LogP contribution in [-0.4, -0.2) is 5.78 Å². The molecule has 0 bridgehead atoms. The molecule has 82 valence electrons. The van der Waals surface area contributed by atoms with Crippen molar-refractivity contribution in [1.82, 2.24) is 0 Å². The second kappa shape index (κ2) is 4.18. The molecule has 1 nitrogen and oxygen atoms in total. The Morgan fingerprint density at radius 1 is 1.25 bits per heavy atom. The average molecular weight is 234 g/mol. The normalized spacial score (nSPS) is 10.4. The number of carbonyl (C=O) groups is 1. The molecule has 0 radical (unpaired) electrons. The van der Waals surface area contributed by atoms with E-state index in [9.17, 15) is 9.18 Å². The summed E-state index contributed by atoms with van der Waals surface area (Å²) in [6.07, 6.45) is 0. The van der Waals surface area contributed by atoms with Crippen molar-refractivity contribution in [1.29, 1.82) is 0 Å². The smallest absolute Gasteiger partial charge is 0.194 e. The van der Waals surface area contributed by atoms with Crippen molar-refractivity contribution in [3.63, 3.8) is 0 Å². The minimum atomic E-state index is -0.279. The molecule has 0 spiro atoms. The van der Waals surface area contributed by atoms with Crippen molar-refractivity contribution in [3.05, 3.63) is 57.0 Å². The fourth-order valence-corrected chi connectivity index (χ4v) is 2.26. The number of aryl methyl sites for hydroxylation is 2. The molecule has 0 amide bonds. The van der Waals surface area contributed by atoms with Crippen LogP contribution >= 0.6 is 11.3 Å². The van der Waals surface area contributed by atoms with Crippen LogP contribution in [0.4, 0.5) is 4.39 Å². The van der Waals surface area contributed by atoms with Gasteiger partial charge in [0.05, 0.1) is 0 Å². The highest BCUT2D eigenvalue weighted by Crippen LogP contribution is 2.20. The second-order valence-electron chi connectivity index (χ2n) is 3.68. The number of halogens is 1. The number of benzene rings is 1. The van der Waals surface area contributed by atoms with Crippen molar-refractivity contribution in [2.45, 2.75) is 13.8 Å². The molecule has 2 aromatic rings. The molecule has 3 heteroatoms. The van der Waals surface area contributed by atoms with Crippen molar-refractivity contribution >= 4 is 17.1 Å².